The normalized spacial score (nSPS) is 12.4. The Kier molecular flexibility index (Phi) is 7.32. The van der Waals surface area contributed by atoms with Gasteiger partial charge in [0.1, 0.15) is 0 Å². The monoisotopic (exact) mass is 273 g/mol. The molecule has 2 N–H and O–H groups in total. The van der Waals surface area contributed by atoms with Gasteiger partial charge >= 0.3 is 0 Å². The SMILES string of the molecule is CC(CCCO)NC(=O)CSCc1cccs1. The topological polar surface area (TPSA) is 49.3 Å². The number of amides is 1. The van der Waals surface area contributed by atoms with Gasteiger partial charge in [-0.05, 0) is 31.2 Å². The van der Waals surface area contributed by atoms with Crippen molar-refractivity contribution in [2.24, 2.45) is 0 Å². The van der Waals surface area contributed by atoms with Crippen molar-refractivity contribution in [3.63, 3.8) is 0 Å². The first-order valence-corrected chi connectivity index (χ1v) is 7.76. The van der Waals surface area contributed by atoms with Crippen molar-refractivity contribution in [2.75, 3.05) is 12.4 Å². The lowest BCUT2D eigenvalue weighted by atomic mass is 10.2. The Morgan fingerprint density at radius 2 is 2.47 bits per heavy atom. The minimum atomic E-state index is 0.0806. The third-order valence-electron chi connectivity index (χ3n) is 2.26. The molecule has 1 rings (SSSR count). The number of aliphatic hydroxyl groups excluding tert-OH is 1. The summed E-state index contributed by atoms with van der Waals surface area (Å²) < 4.78 is 0. The average molecular weight is 273 g/mol. The van der Waals surface area contributed by atoms with Crippen molar-refractivity contribution in [3.05, 3.63) is 22.4 Å². The Hall–Kier alpha value is -0.520. The Balaban J connectivity index is 2.08. The molecule has 1 atom stereocenters. The fourth-order valence-corrected chi connectivity index (χ4v) is 3.10. The minimum Gasteiger partial charge on any atom is -0.396 e. The highest BCUT2D eigenvalue weighted by Gasteiger charge is 2.07. The van der Waals surface area contributed by atoms with Crippen LogP contribution in [0.25, 0.3) is 0 Å². The Labute approximate surface area is 111 Å². The molecule has 0 fully saturated rings. The molecule has 0 bridgehead atoms. The molecule has 1 heterocycles. The summed E-state index contributed by atoms with van der Waals surface area (Å²) >= 11 is 3.35. The van der Waals surface area contributed by atoms with Crippen LogP contribution in [0.5, 0.6) is 0 Å². The zero-order chi connectivity index (χ0) is 12.5. The van der Waals surface area contributed by atoms with Gasteiger partial charge in [0.15, 0.2) is 0 Å². The molecule has 0 aliphatic carbocycles. The van der Waals surface area contributed by atoms with E-state index in [-0.39, 0.29) is 18.6 Å². The number of thioether (sulfide) groups is 1. The van der Waals surface area contributed by atoms with E-state index in [4.69, 9.17) is 5.11 Å². The van der Waals surface area contributed by atoms with E-state index in [0.717, 1.165) is 18.6 Å². The number of hydrogen-bond acceptors (Lipinski definition) is 4. The van der Waals surface area contributed by atoms with Gasteiger partial charge < -0.3 is 10.4 Å². The van der Waals surface area contributed by atoms with Gasteiger partial charge in [-0.25, -0.2) is 0 Å². The third kappa shape index (κ3) is 6.71. The molecule has 0 saturated heterocycles. The second-order valence-electron chi connectivity index (χ2n) is 3.91. The fourth-order valence-electron chi connectivity index (χ4n) is 1.43. The molecule has 0 aliphatic heterocycles. The molecule has 1 unspecified atom stereocenters. The van der Waals surface area contributed by atoms with E-state index in [1.165, 1.54) is 4.88 Å². The maximum absolute atomic E-state index is 11.6. The lowest BCUT2D eigenvalue weighted by Gasteiger charge is -2.12. The summed E-state index contributed by atoms with van der Waals surface area (Å²) in [5.74, 6) is 1.48. The summed E-state index contributed by atoms with van der Waals surface area (Å²) in [5.41, 5.74) is 0. The molecule has 96 valence electrons. The van der Waals surface area contributed by atoms with Gasteiger partial charge in [0.05, 0.1) is 5.75 Å². The number of nitrogens with one attached hydrogen (secondary N) is 1. The smallest absolute Gasteiger partial charge is 0.230 e. The summed E-state index contributed by atoms with van der Waals surface area (Å²) in [6, 6.07) is 4.26. The lowest BCUT2D eigenvalue weighted by molar-refractivity contribution is -0.119. The zero-order valence-electron chi connectivity index (χ0n) is 10.0. The Morgan fingerprint density at radius 3 is 3.12 bits per heavy atom. The fraction of sp³-hybridized carbons (Fsp3) is 0.583. The summed E-state index contributed by atoms with van der Waals surface area (Å²) in [5, 5.41) is 13.7. The van der Waals surface area contributed by atoms with Crippen LogP contribution in [0.3, 0.4) is 0 Å². The van der Waals surface area contributed by atoms with E-state index >= 15 is 0 Å². The number of carbonyl (C=O) groups is 1. The van der Waals surface area contributed by atoms with Crippen LogP contribution in [0.15, 0.2) is 17.5 Å². The largest absolute Gasteiger partial charge is 0.396 e. The first-order valence-electron chi connectivity index (χ1n) is 5.72. The molecule has 0 spiro atoms. The highest BCUT2D eigenvalue weighted by atomic mass is 32.2. The summed E-state index contributed by atoms with van der Waals surface area (Å²) in [7, 11) is 0. The van der Waals surface area contributed by atoms with Gasteiger partial charge in [0, 0.05) is 23.3 Å². The predicted molar refractivity (Wildman–Crippen MR) is 74.4 cm³/mol. The maximum Gasteiger partial charge on any atom is 0.230 e. The Bertz CT molecular complexity index is 314. The van der Waals surface area contributed by atoms with Gasteiger partial charge in [0.25, 0.3) is 0 Å². The molecule has 0 aromatic carbocycles. The van der Waals surface area contributed by atoms with E-state index in [1.807, 2.05) is 18.4 Å². The third-order valence-corrected chi connectivity index (χ3v) is 4.30. The van der Waals surface area contributed by atoms with Crippen LogP contribution in [-0.2, 0) is 10.5 Å². The van der Waals surface area contributed by atoms with E-state index in [9.17, 15) is 4.79 Å². The molecule has 17 heavy (non-hydrogen) atoms. The van der Waals surface area contributed by atoms with Crippen LogP contribution in [0.1, 0.15) is 24.6 Å². The molecule has 3 nitrogen and oxygen atoms in total. The number of hydrogen-bond donors (Lipinski definition) is 2. The van der Waals surface area contributed by atoms with Crippen molar-refractivity contribution in [1.82, 2.24) is 5.32 Å². The summed E-state index contributed by atoms with van der Waals surface area (Å²) in [6.45, 7) is 2.16. The second kappa shape index (κ2) is 8.55. The van der Waals surface area contributed by atoms with Gasteiger partial charge in [-0.1, -0.05) is 6.07 Å². The maximum atomic E-state index is 11.6. The quantitative estimate of drug-likeness (QED) is 0.764. The van der Waals surface area contributed by atoms with Crippen LogP contribution in [-0.4, -0.2) is 29.4 Å². The summed E-state index contributed by atoms with van der Waals surface area (Å²) in [6.07, 6.45) is 1.57. The van der Waals surface area contributed by atoms with E-state index in [1.54, 1.807) is 23.1 Å². The molecule has 1 aromatic rings. The van der Waals surface area contributed by atoms with Crippen LogP contribution < -0.4 is 5.32 Å². The van der Waals surface area contributed by atoms with Crippen molar-refractivity contribution in [2.45, 2.75) is 31.6 Å². The zero-order valence-corrected chi connectivity index (χ0v) is 11.6. The molecule has 0 saturated carbocycles. The average Bonchev–Trinajstić information content (AvgIpc) is 2.79. The molecule has 5 heteroatoms. The van der Waals surface area contributed by atoms with Crippen molar-refractivity contribution in [3.8, 4) is 0 Å². The lowest BCUT2D eigenvalue weighted by Crippen LogP contribution is -2.33. The van der Waals surface area contributed by atoms with Crippen molar-refractivity contribution in [1.29, 1.82) is 0 Å². The molecule has 1 aromatic heterocycles. The molecule has 0 radical (unpaired) electrons. The Morgan fingerprint density at radius 1 is 1.65 bits per heavy atom. The van der Waals surface area contributed by atoms with E-state index < -0.39 is 0 Å². The van der Waals surface area contributed by atoms with Gasteiger partial charge in [-0.2, -0.15) is 0 Å². The highest BCUT2D eigenvalue weighted by molar-refractivity contribution is 7.99. The first kappa shape index (κ1) is 14.5. The van der Waals surface area contributed by atoms with Gasteiger partial charge in [-0.3, -0.25) is 4.79 Å². The van der Waals surface area contributed by atoms with Crippen molar-refractivity contribution >= 4 is 29.0 Å². The number of aliphatic hydroxyl groups is 1. The van der Waals surface area contributed by atoms with E-state index in [0.29, 0.717) is 5.75 Å². The van der Waals surface area contributed by atoms with Crippen LogP contribution in [0.4, 0.5) is 0 Å². The first-order chi connectivity index (χ1) is 8.22. The van der Waals surface area contributed by atoms with Gasteiger partial charge in [0.2, 0.25) is 5.91 Å². The molecule has 0 aliphatic rings. The number of carbonyl (C=O) groups excluding carboxylic acids is 1. The molecular formula is C12H19NO2S2. The minimum absolute atomic E-state index is 0.0806. The van der Waals surface area contributed by atoms with E-state index in [2.05, 4.69) is 11.4 Å². The standard InChI is InChI=1S/C12H19NO2S2/c1-10(4-2-6-14)13-12(15)9-16-8-11-5-3-7-17-11/h3,5,7,10,14H,2,4,6,8-9H2,1H3,(H,13,15). The van der Waals surface area contributed by atoms with Crippen LogP contribution in [0.2, 0.25) is 0 Å². The molecular weight excluding hydrogens is 254 g/mol. The number of thiophene rings is 1. The second-order valence-corrected chi connectivity index (χ2v) is 5.92. The molecule has 1 amide bonds. The van der Waals surface area contributed by atoms with Crippen LogP contribution >= 0.6 is 23.1 Å². The highest BCUT2D eigenvalue weighted by Crippen LogP contribution is 2.16. The predicted octanol–water partition coefficient (Wildman–Crippen LogP) is 2.26. The van der Waals surface area contributed by atoms with Crippen molar-refractivity contribution < 1.29 is 9.90 Å². The van der Waals surface area contributed by atoms with Gasteiger partial charge in [-0.15, -0.1) is 23.1 Å². The summed E-state index contributed by atoms with van der Waals surface area (Å²) in [4.78, 5) is 12.9. The number of rotatable bonds is 8. The van der Waals surface area contributed by atoms with Crippen LogP contribution in [0, 0.1) is 0 Å².